The van der Waals surface area contributed by atoms with Crippen molar-refractivity contribution < 1.29 is 4.92 Å². The summed E-state index contributed by atoms with van der Waals surface area (Å²) in [6.07, 6.45) is 0. The van der Waals surface area contributed by atoms with Gasteiger partial charge in [0, 0.05) is 28.8 Å². The lowest BCUT2D eigenvalue weighted by atomic mass is 10.0. The molecule has 0 aromatic heterocycles. The van der Waals surface area contributed by atoms with E-state index in [1.54, 1.807) is 12.1 Å². The number of hydrogen-bond donors (Lipinski definition) is 1. The van der Waals surface area contributed by atoms with Crippen molar-refractivity contribution in [3.05, 3.63) is 105 Å². The minimum atomic E-state index is -0.413. The third-order valence-electron chi connectivity index (χ3n) is 4.34. The second-order valence-corrected chi connectivity index (χ2v) is 6.22. The summed E-state index contributed by atoms with van der Waals surface area (Å²) in [4.78, 5) is 15.2. The molecule has 132 valence electrons. The lowest BCUT2D eigenvalue weighted by Crippen LogP contribution is -2.19. The summed E-state index contributed by atoms with van der Waals surface area (Å²) in [6.45, 7) is 2.03. The molecule has 6 heteroatoms. The molecule has 0 fully saturated rings. The largest absolute Gasteiger partial charge is 0.269 e. The third kappa shape index (κ3) is 3.32. The Kier molecular flexibility index (Phi) is 4.22. The molecule has 1 aliphatic heterocycles. The maximum atomic E-state index is 10.9. The summed E-state index contributed by atoms with van der Waals surface area (Å²) in [5.41, 5.74) is 8.32. The number of aliphatic imine (C=N–C) groups is 1. The Labute approximate surface area is 156 Å². The Morgan fingerprint density at radius 2 is 1.56 bits per heavy atom. The number of rotatable bonds is 3. The summed E-state index contributed by atoms with van der Waals surface area (Å²) in [7, 11) is 0. The van der Waals surface area contributed by atoms with Gasteiger partial charge in [-0.2, -0.15) is 5.10 Å². The van der Waals surface area contributed by atoms with Crippen LogP contribution in [-0.2, 0) is 0 Å². The molecule has 0 saturated heterocycles. The van der Waals surface area contributed by atoms with Crippen LogP contribution in [0.5, 0.6) is 0 Å². The molecule has 0 atom stereocenters. The molecule has 27 heavy (non-hydrogen) atoms. The Morgan fingerprint density at radius 1 is 0.889 bits per heavy atom. The van der Waals surface area contributed by atoms with Crippen molar-refractivity contribution in [1.82, 2.24) is 5.43 Å². The van der Waals surface area contributed by atoms with E-state index in [1.807, 2.05) is 55.5 Å². The van der Waals surface area contributed by atoms with Crippen molar-refractivity contribution in [2.45, 2.75) is 6.92 Å². The maximum absolute atomic E-state index is 10.9. The van der Waals surface area contributed by atoms with Crippen LogP contribution in [0.15, 0.2) is 82.9 Å². The van der Waals surface area contributed by atoms with Gasteiger partial charge in [0.1, 0.15) is 0 Å². The predicted octanol–water partition coefficient (Wildman–Crippen LogP) is 4.34. The van der Waals surface area contributed by atoms with Gasteiger partial charge >= 0.3 is 0 Å². The quantitative estimate of drug-likeness (QED) is 0.560. The molecule has 0 amide bonds. The van der Waals surface area contributed by atoms with Gasteiger partial charge in [0.2, 0.25) is 0 Å². The number of non-ortho nitro benzene ring substituents is 1. The molecule has 4 rings (SSSR count). The molecule has 3 aromatic rings. The first-order valence-corrected chi connectivity index (χ1v) is 8.45. The monoisotopic (exact) mass is 356 g/mol. The second-order valence-electron chi connectivity index (χ2n) is 6.22. The number of benzene rings is 3. The zero-order valence-corrected chi connectivity index (χ0v) is 14.6. The molecule has 0 unspecified atom stereocenters. The molecule has 1 N–H and O–H groups in total. The molecule has 1 aliphatic rings. The van der Waals surface area contributed by atoms with Gasteiger partial charge in [0.15, 0.2) is 5.84 Å². The van der Waals surface area contributed by atoms with Gasteiger partial charge in [0.05, 0.1) is 16.3 Å². The number of nitrogens with one attached hydrogen (secondary N) is 1. The highest BCUT2D eigenvalue weighted by Gasteiger charge is 2.17. The first-order chi connectivity index (χ1) is 13.1. The van der Waals surface area contributed by atoms with Crippen molar-refractivity contribution in [2.24, 2.45) is 10.1 Å². The summed E-state index contributed by atoms with van der Waals surface area (Å²) < 4.78 is 0. The van der Waals surface area contributed by atoms with Crippen molar-refractivity contribution in [1.29, 1.82) is 0 Å². The fraction of sp³-hybridized carbons (Fsp3) is 0.0476. The molecule has 0 bridgehead atoms. The van der Waals surface area contributed by atoms with E-state index in [9.17, 15) is 10.1 Å². The molecule has 3 aromatic carbocycles. The summed E-state index contributed by atoms with van der Waals surface area (Å²) in [5, 5.41) is 15.5. The fourth-order valence-corrected chi connectivity index (χ4v) is 2.89. The summed E-state index contributed by atoms with van der Waals surface area (Å²) in [5.74, 6) is 0.652. The summed E-state index contributed by atoms with van der Waals surface area (Å²) in [6, 6.07) is 22.1. The SMILES string of the molecule is Cc1ccc(C2=Nc3ccccc3C(c3ccc([N+](=O)[O-])cc3)=NN2)cc1. The number of nitro groups is 1. The molecule has 0 saturated carbocycles. The highest BCUT2D eigenvalue weighted by atomic mass is 16.6. The van der Waals surface area contributed by atoms with Gasteiger partial charge in [-0.25, -0.2) is 4.99 Å². The van der Waals surface area contributed by atoms with Crippen molar-refractivity contribution in [2.75, 3.05) is 0 Å². The molecule has 0 spiro atoms. The minimum Gasteiger partial charge on any atom is -0.260 e. The Morgan fingerprint density at radius 3 is 2.26 bits per heavy atom. The number of aryl methyl sites for hydroxylation is 1. The zero-order chi connectivity index (χ0) is 18.8. The van der Waals surface area contributed by atoms with E-state index < -0.39 is 4.92 Å². The number of amidine groups is 1. The Bertz CT molecular complexity index is 1070. The predicted molar refractivity (Wildman–Crippen MR) is 106 cm³/mol. The van der Waals surface area contributed by atoms with Crippen molar-refractivity contribution in [3.63, 3.8) is 0 Å². The van der Waals surface area contributed by atoms with Crippen LogP contribution in [-0.4, -0.2) is 16.5 Å². The van der Waals surface area contributed by atoms with E-state index in [-0.39, 0.29) is 5.69 Å². The molecular formula is C21H16N4O2. The van der Waals surface area contributed by atoms with Gasteiger partial charge in [-0.3, -0.25) is 15.5 Å². The number of nitrogens with zero attached hydrogens (tertiary/aromatic N) is 3. The van der Waals surface area contributed by atoms with E-state index >= 15 is 0 Å². The van der Waals surface area contributed by atoms with Crippen molar-refractivity contribution in [3.8, 4) is 0 Å². The van der Waals surface area contributed by atoms with Gasteiger partial charge < -0.3 is 0 Å². The normalized spacial score (nSPS) is 12.9. The Balaban J connectivity index is 1.79. The Hall–Kier alpha value is -3.80. The number of fused-ring (bicyclic) bond motifs is 1. The van der Waals surface area contributed by atoms with Gasteiger partial charge in [-0.1, -0.05) is 48.0 Å². The van der Waals surface area contributed by atoms with Crippen LogP contribution in [0.1, 0.15) is 22.3 Å². The van der Waals surface area contributed by atoms with Crippen LogP contribution in [0.4, 0.5) is 11.4 Å². The molecule has 1 heterocycles. The molecular weight excluding hydrogens is 340 g/mol. The zero-order valence-electron chi connectivity index (χ0n) is 14.6. The van der Waals surface area contributed by atoms with Crippen LogP contribution in [0.3, 0.4) is 0 Å². The van der Waals surface area contributed by atoms with Crippen LogP contribution in [0.25, 0.3) is 0 Å². The van der Waals surface area contributed by atoms with Crippen LogP contribution >= 0.6 is 0 Å². The smallest absolute Gasteiger partial charge is 0.260 e. The standard InChI is InChI=1S/C21H16N4O2/c1-14-6-8-16(9-7-14)21-22-19-5-3-2-4-18(19)20(23-24-21)15-10-12-17(13-11-15)25(26)27/h2-13H,1H3,(H,22,24). The van der Waals surface area contributed by atoms with E-state index in [2.05, 4.69) is 10.5 Å². The topological polar surface area (TPSA) is 79.9 Å². The molecule has 0 radical (unpaired) electrons. The van der Waals surface area contributed by atoms with E-state index in [0.717, 1.165) is 22.4 Å². The van der Waals surface area contributed by atoms with Crippen LogP contribution < -0.4 is 5.43 Å². The number of nitro benzene ring substituents is 1. The first-order valence-electron chi connectivity index (χ1n) is 8.45. The van der Waals surface area contributed by atoms with E-state index in [0.29, 0.717) is 11.5 Å². The number of hydrogen-bond acceptors (Lipinski definition) is 5. The molecule has 0 aliphatic carbocycles. The number of hydrazone groups is 1. The first kappa shape index (κ1) is 16.7. The van der Waals surface area contributed by atoms with Crippen molar-refractivity contribution >= 4 is 22.9 Å². The van der Waals surface area contributed by atoms with Gasteiger partial charge in [-0.05, 0) is 25.1 Å². The van der Waals surface area contributed by atoms with Crippen LogP contribution in [0.2, 0.25) is 0 Å². The minimum absolute atomic E-state index is 0.0470. The van der Waals surface area contributed by atoms with Gasteiger partial charge in [-0.15, -0.1) is 0 Å². The lowest BCUT2D eigenvalue weighted by molar-refractivity contribution is -0.384. The highest BCUT2D eigenvalue weighted by Crippen LogP contribution is 2.26. The third-order valence-corrected chi connectivity index (χ3v) is 4.34. The summed E-state index contributed by atoms with van der Waals surface area (Å²) >= 11 is 0. The lowest BCUT2D eigenvalue weighted by Gasteiger charge is -2.07. The second kappa shape index (κ2) is 6.84. The van der Waals surface area contributed by atoms with Crippen LogP contribution in [0, 0.1) is 17.0 Å². The van der Waals surface area contributed by atoms with E-state index in [1.165, 1.54) is 17.7 Å². The number of para-hydroxylation sites is 1. The maximum Gasteiger partial charge on any atom is 0.269 e. The molecule has 6 nitrogen and oxygen atoms in total. The van der Waals surface area contributed by atoms with Gasteiger partial charge in [0.25, 0.3) is 5.69 Å². The average Bonchev–Trinajstić information content (AvgIpc) is 2.88. The van der Waals surface area contributed by atoms with E-state index in [4.69, 9.17) is 4.99 Å². The fourth-order valence-electron chi connectivity index (χ4n) is 2.89. The average molecular weight is 356 g/mol. The highest BCUT2D eigenvalue weighted by molar-refractivity contribution is 6.18.